The SMILES string of the molecule is Cc1ccc(S(=O)(=O)OC[C@H](Cc2ccccc2)c2ccccc2)cc1. The lowest BCUT2D eigenvalue weighted by Crippen LogP contribution is -2.15. The standard InChI is InChI=1S/C22H22O3S/c1-18-12-14-22(15-13-18)26(23,24)25-17-21(20-10-6-3-7-11-20)16-19-8-4-2-5-9-19/h2-15,21H,16-17H2,1H3/t21-/m0/s1. The Balaban J connectivity index is 1.78. The molecule has 134 valence electrons. The van der Waals surface area contributed by atoms with E-state index in [9.17, 15) is 8.42 Å². The Hall–Kier alpha value is -2.43. The van der Waals surface area contributed by atoms with Crippen LogP contribution in [0, 0.1) is 6.92 Å². The van der Waals surface area contributed by atoms with E-state index < -0.39 is 10.1 Å². The minimum atomic E-state index is -3.77. The minimum Gasteiger partial charge on any atom is -0.266 e. The molecule has 0 heterocycles. The van der Waals surface area contributed by atoms with E-state index in [1.165, 1.54) is 0 Å². The topological polar surface area (TPSA) is 43.4 Å². The zero-order valence-corrected chi connectivity index (χ0v) is 15.5. The van der Waals surface area contributed by atoms with Crippen molar-refractivity contribution >= 4 is 10.1 Å². The monoisotopic (exact) mass is 366 g/mol. The fourth-order valence-electron chi connectivity index (χ4n) is 2.84. The van der Waals surface area contributed by atoms with Gasteiger partial charge in [0.1, 0.15) is 0 Å². The first-order valence-electron chi connectivity index (χ1n) is 8.59. The van der Waals surface area contributed by atoms with Crippen molar-refractivity contribution in [3.8, 4) is 0 Å². The van der Waals surface area contributed by atoms with Crippen molar-refractivity contribution in [2.75, 3.05) is 6.61 Å². The first-order valence-corrected chi connectivity index (χ1v) is 10.0. The molecule has 0 amide bonds. The molecule has 0 N–H and O–H groups in total. The fourth-order valence-corrected chi connectivity index (χ4v) is 3.79. The highest BCUT2D eigenvalue weighted by molar-refractivity contribution is 7.86. The molecule has 0 aliphatic rings. The third kappa shape index (κ3) is 4.81. The summed E-state index contributed by atoms with van der Waals surface area (Å²) < 4.78 is 30.4. The zero-order valence-electron chi connectivity index (χ0n) is 14.7. The van der Waals surface area contributed by atoms with E-state index >= 15 is 0 Å². The Morgan fingerprint density at radius 3 is 2.00 bits per heavy atom. The van der Waals surface area contributed by atoms with E-state index in [-0.39, 0.29) is 17.4 Å². The molecule has 0 saturated carbocycles. The van der Waals surface area contributed by atoms with Crippen molar-refractivity contribution in [1.29, 1.82) is 0 Å². The number of aryl methyl sites for hydroxylation is 1. The summed E-state index contributed by atoms with van der Waals surface area (Å²) in [6.45, 7) is 2.03. The van der Waals surface area contributed by atoms with Gasteiger partial charge in [0.05, 0.1) is 11.5 Å². The summed E-state index contributed by atoms with van der Waals surface area (Å²) in [5, 5.41) is 0. The predicted octanol–water partition coefficient (Wildman–Crippen LogP) is 4.73. The Bertz CT molecular complexity index is 918. The van der Waals surface area contributed by atoms with Gasteiger partial charge in [0, 0.05) is 5.92 Å². The normalized spacial score (nSPS) is 12.7. The highest BCUT2D eigenvalue weighted by Gasteiger charge is 2.20. The maximum atomic E-state index is 12.5. The lowest BCUT2D eigenvalue weighted by Gasteiger charge is -2.18. The molecule has 3 rings (SSSR count). The largest absolute Gasteiger partial charge is 0.296 e. The average molecular weight is 366 g/mol. The van der Waals surface area contributed by atoms with Gasteiger partial charge in [0.25, 0.3) is 10.1 Å². The highest BCUT2D eigenvalue weighted by atomic mass is 32.2. The molecule has 0 spiro atoms. The molecule has 0 aromatic heterocycles. The summed E-state index contributed by atoms with van der Waals surface area (Å²) in [5.74, 6) is -0.0428. The first-order chi connectivity index (χ1) is 12.5. The lowest BCUT2D eigenvalue weighted by atomic mass is 9.93. The van der Waals surface area contributed by atoms with E-state index in [0.717, 1.165) is 16.7 Å². The third-order valence-corrected chi connectivity index (χ3v) is 5.63. The molecule has 0 fully saturated rings. The molecule has 3 aromatic rings. The quantitative estimate of drug-likeness (QED) is 0.568. The van der Waals surface area contributed by atoms with Crippen molar-refractivity contribution in [3.63, 3.8) is 0 Å². The Labute approximate surface area is 155 Å². The van der Waals surface area contributed by atoms with Gasteiger partial charge in [0.2, 0.25) is 0 Å². The van der Waals surface area contributed by atoms with Gasteiger partial charge in [-0.05, 0) is 36.6 Å². The Morgan fingerprint density at radius 1 is 0.808 bits per heavy atom. The van der Waals surface area contributed by atoms with Crippen molar-refractivity contribution in [2.45, 2.75) is 24.2 Å². The molecular weight excluding hydrogens is 344 g/mol. The molecule has 3 aromatic carbocycles. The predicted molar refractivity (Wildman–Crippen MR) is 104 cm³/mol. The van der Waals surface area contributed by atoms with Crippen LogP contribution in [0.4, 0.5) is 0 Å². The second-order valence-electron chi connectivity index (χ2n) is 6.35. The maximum Gasteiger partial charge on any atom is 0.296 e. The lowest BCUT2D eigenvalue weighted by molar-refractivity contribution is 0.290. The highest BCUT2D eigenvalue weighted by Crippen LogP contribution is 2.23. The van der Waals surface area contributed by atoms with Crippen LogP contribution in [-0.4, -0.2) is 15.0 Å². The summed E-state index contributed by atoms with van der Waals surface area (Å²) >= 11 is 0. The summed E-state index contributed by atoms with van der Waals surface area (Å²) in [6.07, 6.45) is 0.717. The van der Waals surface area contributed by atoms with Crippen molar-refractivity contribution in [3.05, 3.63) is 102 Å². The second kappa shape index (κ2) is 8.30. The third-order valence-electron chi connectivity index (χ3n) is 4.33. The van der Waals surface area contributed by atoms with E-state index in [2.05, 4.69) is 0 Å². The van der Waals surface area contributed by atoms with Crippen LogP contribution in [0.5, 0.6) is 0 Å². The van der Waals surface area contributed by atoms with E-state index in [1.54, 1.807) is 24.3 Å². The van der Waals surface area contributed by atoms with Crippen molar-refractivity contribution < 1.29 is 12.6 Å². The van der Waals surface area contributed by atoms with Crippen LogP contribution in [-0.2, 0) is 20.7 Å². The minimum absolute atomic E-state index is 0.0428. The van der Waals surface area contributed by atoms with Gasteiger partial charge in [-0.1, -0.05) is 78.4 Å². The molecule has 3 nitrogen and oxygen atoms in total. The number of hydrogen-bond donors (Lipinski definition) is 0. The van der Waals surface area contributed by atoms with Crippen LogP contribution in [0.1, 0.15) is 22.6 Å². The van der Waals surface area contributed by atoms with Crippen molar-refractivity contribution in [1.82, 2.24) is 0 Å². The van der Waals surface area contributed by atoms with Crippen LogP contribution in [0.15, 0.2) is 89.8 Å². The number of hydrogen-bond acceptors (Lipinski definition) is 3. The molecular formula is C22H22O3S. The number of benzene rings is 3. The molecule has 1 atom stereocenters. The first kappa shape index (κ1) is 18.4. The van der Waals surface area contributed by atoms with E-state index in [1.807, 2.05) is 67.6 Å². The van der Waals surface area contributed by atoms with Gasteiger partial charge in [-0.25, -0.2) is 0 Å². The fraction of sp³-hybridized carbons (Fsp3) is 0.182. The average Bonchev–Trinajstić information content (AvgIpc) is 2.67. The molecule has 0 unspecified atom stereocenters. The Kier molecular flexibility index (Phi) is 5.86. The van der Waals surface area contributed by atoms with Gasteiger partial charge in [0.15, 0.2) is 0 Å². The molecule has 0 radical (unpaired) electrons. The molecule has 0 aliphatic carbocycles. The Morgan fingerprint density at radius 2 is 1.38 bits per heavy atom. The maximum absolute atomic E-state index is 12.5. The van der Waals surface area contributed by atoms with Crippen molar-refractivity contribution in [2.24, 2.45) is 0 Å². The summed E-state index contributed by atoms with van der Waals surface area (Å²) in [7, 11) is -3.77. The van der Waals surface area contributed by atoms with Gasteiger partial charge < -0.3 is 0 Å². The summed E-state index contributed by atoms with van der Waals surface area (Å²) in [5.41, 5.74) is 3.23. The molecule has 0 bridgehead atoms. The van der Waals surface area contributed by atoms with Crippen LogP contribution in [0.3, 0.4) is 0 Å². The van der Waals surface area contributed by atoms with Gasteiger partial charge in [-0.2, -0.15) is 8.42 Å². The van der Waals surface area contributed by atoms with Crippen LogP contribution in [0.25, 0.3) is 0 Å². The van der Waals surface area contributed by atoms with Gasteiger partial charge in [-0.15, -0.1) is 0 Å². The molecule has 26 heavy (non-hydrogen) atoms. The van der Waals surface area contributed by atoms with Gasteiger partial charge >= 0.3 is 0 Å². The van der Waals surface area contributed by atoms with E-state index in [0.29, 0.717) is 6.42 Å². The summed E-state index contributed by atoms with van der Waals surface area (Å²) in [4.78, 5) is 0.189. The number of rotatable bonds is 7. The van der Waals surface area contributed by atoms with Crippen LogP contribution < -0.4 is 0 Å². The van der Waals surface area contributed by atoms with Crippen LogP contribution in [0.2, 0.25) is 0 Å². The second-order valence-corrected chi connectivity index (χ2v) is 7.96. The van der Waals surface area contributed by atoms with Crippen LogP contribution >= 0.6 is 0 Å². The summed E-state index contributed by atoms with van der Waals surface area (Å²) in [6, 6.07) is 26.6. The molecule has 4 heteroatoms. The van der Waals surface area contributed by atoms with Gasteiger partial charge in [-0.3, -0.25) is 4.18 Å². The molecule has 0 saturated heterocycles. The molecule has 0 aliphatic heterocycles. The van der Waals surface area contributed by atoms with E-state index in [4.69, 9.17) is 4.18 Å². The smallest absolute Gasteiger partial charge is 0.266 e. The zero-order chi connectivity index (χ0) is 18.4.